The van der Waals surface area contributed by atoms with E-state index in [1.54, 1.807) is 0 Å². The Bertz CT molecular complexity index is 4310. The zero-order valence-electron chi connectivity index (χ0n) is 41.5. The molecule has 0 bridgehead atoms. The van der Waals surface area contributed by atoms with Crippen LogP contribution in [0.15, 0.2) is 255 Å². The van der Waals surface area contributed by atoms with Gasteiger partial charge in [0.1, 0.15) is 11.9 Å². The van der Waals surface area contributed by atoms with Gasteiger partial charge in [-0.3, -0.25) is 0 Å². The largest absolute Gasteiger partial charge is 0.484 e. The van der Waals surface area contributed by atoms with E-state index in [4.69, 9.17) is 34.6 Å². The summed E-state index contributed by atoms with van der Waals surface area (Å²) in [5.41, 5.74) is 11.3. The second-order valence-corrected chi connectivity index (χ2v) is 19.6. The van der Waals surface area contributed by atoms with E-state index in [1.807, 2.05) is 72.8 Å². The zero-order chi connectivity index (χ0) is 50.8. The van der Waals surface area contributed by atoms with E-state index >= 15 is 0 Å². The quantitative estimate of drug-likeness (QED) is 0.140. The predicted molar refractivity (Wildman–Crippen MR) is 312 cm³/mol. The zero-order valence-corrected chi connectivity index (χ0v) is 41.5. The fourth-order valence-corrected chi connectivity index (χ4v) is 11.7. The van der Waals surface area contributed by atoms with Crippen molar-refractivity contribution in [1.82, 2.24) is 29.9 Å². The summed E-state index contributed by atoms with van der Waals surface area (Å²) < 4.78 is 7.33. The maximum Gasteiger partial charge on any atom is 0.165 e. The molecule has 7 nitrogen and oxygen atoms in total. The molecular weight excluding hydrogens is 941 g/mol. The third kappa shape index (κ3) is 7.50. The van der Waals surface area contributed by atoms with Crippen LogP contribution in [0, 0.1) is 0 Å². The second kappa shape index (κ2) is 18.3. The molecule has 13 aromatic rings. The monoisotopic (exact) mass is 984 g/mol. The van der Waals surface area contributed by atoms with Gasteiger partial charge in [-0.2, -0.15) is 0 Å². The van der Waals surface area contributed by atoms with Crippen molar-refractivity contribution in [2.45, 2.75) is 12.0 Å². The van der Waals surface area contributed by atoms with Crippen molar-refractivity contribution >= 4 is 48.7 Å². The molecule has 2 aliphatic rings. The minimum absolute atomic E-state index is 0.000956. The molecule has 1 aliphatic carbocycles. The predicted octanol–water partition coefficient (Wildman–Crippen LogP) is 16.8. The lowest BCUT2D eigenvalue weighted by Crippen LogP contribution is -2.21. The number of benzene rings is 11. The lowest BCUT2D eigenvalue weighted by molar-refractivity contribution is 0.278. The van der Waals surface area contributed by atoms with Crippen LogP contribution in [0.5, 0.6) is 5.75 Å². The van der Waals surface area contributed by atoms with Crippen molar-refractivity contribution in [2.75, 3.05) is 0 Å². The molecule has 0 fully saturated rings. The Morgan fingerprint density at radius 3 is 0.987 bits per heavy atom. The molecule has 2 atom stereocenters. The molecule has 15 rings (SSSR count). The summed E-state index contributed by atoms with van der Waals surface area (Å²) in [7, 11) is 0. The van der Waals surface area contributed by atoms with Crippen LogP contribution >= 0.6 is 0 Å². The molecule has 0 saturated carbocycles. The van der Waals surface area contributed by atoms with Crippen molar-refractivity contribution < 1.29 is 4.74 Å². The molecular formula is C70H44N6O. The van der Waals surface area contributed by atoms with Gasteiger partial charge in [0.05, 0.1) is 0 Å². The standard InChI is InChI=1S/C70H44N6O/c1-5-22-43(23-6-1)65-71-66(44-24-7-2-8-25-44)74-69(73-65)62-53-34-17-13-30-49(53)60(50-31-14-18-35-54(50)62)47-40-41-48-57-38-21-39-58(64(57)77-59(48)42-47)61-51-32-15-19-36-55(51)63(56-37-20-16-33-52(56)61)70-75-67(45-26-9-3-10-27-45)72-68(76-70)46-28-11-4-12-29-46/h1-42,57,64H. The number of nitrogens with zero attached hydrogens (tertiary/aromatic N) is 6. The van der Waals surface area contributed by atoms with Crippen LogP contribution in [0.25, 0.3) is 128 Å². The van der Waals surface area contributed by atoms with Gasteiger partial charge in [-0.1, -0.05) is 249 Å². The Hall–Kier alpha value is -10.2. The molecule has 0 radical (unpaired) electrons. The molecule has 360 valence electrons. The lowest BCUT2D eigenvalue weighted by Gasteiger charge is -2.26. The highest BCUT2D eigenvalue weighted by Crippen LogP contribution is 2.52. The third-order valence-electron chi connectivity index (χ3n) is 15.1. The second-order valence-electron chi connectivity index (χ2n) is 19.6. The summed E-state index contributed by atoms with van der Waals surface area (Å²) in [5, 5.41) is 8.64. The number of allylic oxidation sites excluding steroid dienone is 2. The van der Waals surface area contributed by atoms with Gasteiger partial charge in [0.2, 0.25) is 0 Å². The van der Waals surface area contributed by atoms with Crippen LogP contribution in [0.2, 0.25) is 0 Å². The van der Waals surface area contributed by atoms with Crippen molar-refractivity contribution in [3.8, 4) is 85.2 Å². The molecule has 2 unspecified atom stereocenters. The smallest absolute Gasteiger partial charge is 0.165 e. The first-order chi connectivity index (χ1) is 38.2. The fraction of sp³-hybridized carbons (Fsp3) is 0.0286. The van der Waals surface area contributed by atoms with E-state index in [2.05, 4.69) is 182 Å². The van der Waals surface area contributed by atoms with Crippen molar-refractivity contribution in [3.63, 3.8) is 0 Å². The van der Waals surface area contributed by atoms with E-state index in [-0.39, 0.29) is 12.0 Å². The van der Waals surface area contributed by atoms with Crippen LogP contribution < -0.4 is 4.74 Å². The average molecular weight is 985 g/mol. The van der Waals surface area contributed by atoms with Gasteiger partial charge >= 0.3 is 0 Å². The highest BCUT2D eigenvalue weighted by molar-refractivity contribution is 6.21. The molecule has 2 aromatic heterocycles. The lowest BCUT2D eigenvalue weighted by atomic mass is 9.80. The summed E-state index contributed by atoms with van der Waals surface area (Å²) in [6, 6.07) is 82.1. The maximum absolute atomic E-state index is 7.33. The summed E-state index contributed by atoms with van der Waals surface area (Å²) >= 11 is 0. The number of fused-ring (bicyclic) bond motifs is 7. The van der Waals surface area contributed by atoms with Crippen LogP contribution in [-0.4, -0.2) is 36.0 Å². The van der Waals surface area contributed by atoms with Gasteiger partial charge in [-0.25, -0.2) is 29.9 Å². The minimum Gasteiger partial charge on any atom is -0.484 e. The average Bonchev–Trinajstić information content (AvgIpc) is 4.09. The van der Waals surface area contributed by atoms with Gasteiger partial charge in [0.15, 0.2) is 34.9 Å². The van der Waals surface area contributed by atoms with E-state index in [0.717, 1.165) is 110 Å². The molecule has 0 saturated heterocycles. The van der Waals surface area contributed by atoms with Gasteiger partial charge < -0.3 is 4.74 Å². The molecule has 77 heavy (non-hydrogen) atoms. The first-order valence-corrected chi connectivity index (χ1v) is 26.0. The first kappa shape index (κ1) is 44.3. The van der Waals surface area contributed by atoms with Crippen LogP contribution in [0.1, 0.15) is 17.0 Å². The van der Waals surface area contributed by atoms with Crippen molar-refractivity contribution in [1.29, 1.82) is 0 Å². The highest BCUT2D eigenvalue weighted by Gasteiger charge is 2.39. The van der Waals surface area contributed by atoms with Gasteiger partial charge in [0.25, 0.3) is 0 Å². The first-order valence-electron chi connectivity index (χ1n) is 26.0. The molecule has 7 heteroatoms. The van der Waals surface area contributed by atoms with Crippen LogP contribution in [-0.2, 0) is 0 Å². The maximum atomic E-state index is 7.33. The number of rotatable bonds is 8. The SMILES string of the molecule is C1=CC2c3ccc(-c4c5ccccc5c(-c5nc(-c6ccccc6)nc(-c6ccccc6)n5)c5ccccc45)cc3OC2C(c2c3ccccc3c(-c3nc(-c4ccccc4)nc(-c4ccccc4)n3)c3ccccc23)=C1. The Kier molecular flexibility index (Phi) is 10.5. The van der Waals surface area contributed by atoms with Gasteiger partial charge in [0, 0.05) is 50.4 Å². The highest BCUT2D eigenvalue weighted by atomic mass is 16.5. The number of hydrogen-bond acceptors (Lipinski definition) is 7. The van der Waals surface area contributed by atoms with E-state index in [9.17, 15) is 0 Å². The summed E-state index contributed by atoms with van der Waals surface area (Å²) in [6.45, 7) is 0. The van der Waals surface area contributed by atoms with E-state index in [0.29, 0.717) is 34.9 Å². The Balaban J connectivity index is 0.860. The Morgan fingerprint density at radius 1 is 0.286 bits per heavy atom. The van der Waals surface area contributed by atoms with Gasteiger partial charge in [-0.05, 0) is 65.8 Å². The number of aromatic nitrogens is 6. The molecule has 3 heterocycles. The molecule has 0 N–H and O–H groups in total. The molecule has 0 spiro atoms. The number of ether oxygens (including phenoxy) is 1. The van der Waals surface area contributed by atoms with E-state index < -0.39 is 0 Å². The van der Waals surface area contributed by atoms with Crippen LogP contribution in [0.4, 0.5) is 0 Å². The molecule has 1 aliphatic heterocycles. The minimum atomic E-state index is -0.272. The summed E-state index contributed by atoms with van der Waals surface area (Å²) in [6.07, 6.45) is 6.48. The molecule has 0 amide bonds. The molecule has 11 aromatic carbocycles. The van der Waals surface area contributed by atoms with E-state index in [1.165, 1.54) is 0 Å². The Morgan fingerprint density at radius 2 is 0.610 bits per heavy atom. The summed E-state index contributed by atoms with van der Waals surface area (Å²) in [5.74, 6) is 4.63. The van der Waals surface area contributed by atoms with Crippen molar-refractivity contribution in [2.24, 2.45) is 0 Å². The van der Waals surface area contributed by atoms with Crippen molar-refractivity contribution in [3.05, 3.63) is 266 Å². The van der Waals surface area contributed by atoms with Gasteiger partial charge in [-0.15, -0.1) is 0 Å². The number of hydrogen-bond donors (Lipinski definition) is 0. The third-order valence-corrected chi connectivity index (χ3v) is 15.1. The normalized spacial score (nSPS) is 14.6. The summed E-state index contributed by atoms with van der Waals surface area (Å²) in [4.78, 5) is 31.1. The topological polar surface area (TPSA) is 86.6 Å². The van der Waals surface area contributed by atoms with Crippen LogP contribution in [0.3, 0.4) is 0 Å². The Labute approximate surface area is 444 Å². The fourth-order valence-electron chi connectivity index (χ4n) is 11.7.